The highest BCUT2D eigenvalue weighted by Crippen LogP contribution is 2.48. The number of esters is 1. The van der Waals surface area contributed by atoms with E-state index in [0.717, 1.165) is 0 Å². The maximum atomic E-state index is 12.7. The summed E-state index contributed by atoms with van der Waals surface area (Å²) < 4.78 is 5.94. The van der Waals surface area contributed by atoms with Crippen LogP contribution in [0, 0.1) is 0 Å². The van der Waals surface area contributed by atoms with E-state index in [9.17, 15) is 19.8 Å². The summed E-state index contributed by atoms with van der Waals surface area (Å²) in [5, 5.41) is 22.2. The largest absolute Gasteiger partial charge is 0.508 e. The predicted molar refractivity (Wildman–Crippen MR) is 107 cm³/mol. The van der Waals surface area contributed by atoms with E-state index in [2.05, 4.69) is 5.32 Å². The van der Waals surface area contributed by atoms with Crippen LogP contribution in [0.5, 0.6) is 11.5 Å². The van der Waals surface area contributed by atoms with Gasteiger partial charge in [0.2, 0.25) is 5.91 Å². The fourth-order valence-corrected chi connectivity index (χ4v) is 3.58. The second kappa shape index (κ2) is 6.98. The number of nitrogens with one attached hydrogen (secondary N) is 1. The second-order valence-corrected chi connectivity index (χ2v) is 6.83. The Bertz CT molecular complexity index is 1040. The highest BCUT2D eigenvalue weighted by atomic mass is 16.6. The van der Waals surface area contributed by atoms with Crippen LogP contribution in [0.4, 0.5) is 5.69 Å². The first kappa shape index (κ1) is 18.6. The fourth-order valence-electron chi connectivity index (χ4n) is 3.58. The van der Waals surface area contributed by atoms with Crippen molar-refractivity contribution in [1.82, 2.24) is 0 Å². The Morgan fingerprint density at radius 2 is 1.48 bits per heavy atom. The van der Waals surface area contributed by atoms with Crippen LogP contribution in [0.1, 0.15) is 40.4 Å². The normalized spacial score (nSPS) is 14.2. The van der Waals surface area contributed by atoms with E-state index in [0.29, 0.717) is 34.4 Å². The number of benzene rings is 3. The zero-order valence-electron chi connectivity index (χ0n) is 15.7. The van der Waals surface area contributed by atoms with E-state index in [4.69, 9.17) is 4.74 Å². The number of phenolic OH excluding ortho intramolecular Hbond substituents is 2. The third kappa shape index (κ3) is 3.08. The van der Waals surface area contributed by atoms with Crippen LogP contribution >= 0.6 is 0 Å². The number of hydrogen-bond acceptors (Lipinski definition) is 5. The summed E-state index contributed by atoms with van der Waals surface area (Å²) in [6.45, 7) is 1.76. The highest BCUT2D eigenvalue weighted by Gasteiger charge is 2.48. The Balaban J connectivity index is 1.96. The number of aromatic hydroxyl groups is 2. The Kier molecular flexibility index (Phi) is 4.47. The lowest BCUT2D eigenvalue weighted by Gasteiger charge is -2.30. The number of cyclic esters (lactones) is 1. The lowest BCUT2D eigenvalue weighted by molar-refractivity contribution is -0.115. The molecule has 4 rings (SSSR count). The molecule has 0 bridgehead atoms. The molecule has 1 amide bonds. The van der Waals surface area contributed by atoms with Crippen LogP contribution in [0.3, 0.4) is 0 Å². The van der Waals surface area contributed by atoms with E-state index in [1.165, 1.54) is 24.3 Å². The number of rotatable bonds is 4. The third-order valence-corrected chi connectivity index (χ3v) is 5.02. The van der Waals surface area contributed by atoms with Crippen molar-refractivity contribution in [3.63, 3.8) is 0 Å². The zero-order valence-corrected chi connectivity index (χ0v) is 15.7. The van der Waals surface area contributed by atoms with Gasteiger partial charge >= 0.3 is 5.97 Å². The molecule has 0 fully saturated rings. The van der Waals surface area contributed by atoms with Crippen molar-refractivity contribution in [1.29, 1.82) is 0 Å². The van der Waals surface area contributed by atoms with Gasteiger partial charge in [-0.1, -0.05) is 31.2 Å². The quantitative estimate of drug-likeness (QED) is 0.588. The number of anilines is 1. The van der Waals surface area contributed by atoms with Crippen LogP contribution in [-0.4, -0.2) is 22.1 Å². The molecule has 29 heavy (non-hydrogen) atoms. The Morgan fingerprint density at radius 1 is 0.931 bits per heavy atom. The van der Waals surface area contributed by atoms with Crippen LogP contribution in [0.15, 0.2) is 66.7 Å². The number of carbonyl (C=O) groups excluding carboxylic acids is 2. The third-order valence-electron chi connectivity index (χ3n) is 5.02. The average Bonchev–Trinajstić information content (AvgIpc) is 3.02. The van der Waals surface area contributed by atoms with Gasteiger partial charge in [-0.05, 0) is 42.5 Å². The van der Waals surface area contributed by atoms with Crippen LogP contribution in [0.2, 0.25) is 0 Å². The van der Waals surface area contributed by atoms with Crippen molar-refractivity contribution in [3.8, 4) is 11.5 Å². The van der Waals surface area contributed by atoms with Crippen LogP contribution < -0.4 is 5.32 Å². The van der Waals surface area contributed by atoms with Crippen molar-refractivity contribution >= 4 is 17.6 Å². The van der Waals surface area contributed by atoms with Gasteiger partial charge in [-0.15, -0.1) is 0 Å². The van der Waals surface area contributed by atoms with Crippen molar-refractivity contribution in [3.05, 3.63) is 89.0 Å². The van der Waals surface area contributed by atoms with Gasteiger partial charge in [-0.2, -0.15) is 0 Å². The molecule has 6 heteroatoms. The smallest absolute Gasteiger partial charge is 0.340 e. The first-order valence-electron chi connectivity index (χ1n) is 9.21. The lowest BCUT2D eigenvalue weighted by atomic mass is 9.79. The molecule has 0 unspecified atom stereocenters. The molecule has 3 aromatic carbocycles. The number of amides is 1. The van der Waals surface area contributed by atoms with Crippen LogP contribution in [0.25, 0.3) is 0 Å². The maximum absolute atomic E-state index is 12.7. The minimum Gasteiger partial charge on any atom is -0.508 e. The van der Waals surface area contributed by atoms with Gasteiger partial charge in [0, 0.05) is 28.8 Å². The molecule has 146 valence electrons. The summed E-state index contributed by atoms with van der Waals surface area (Å²) in [5.74, 6) is -0.462. The van der Waals surface area contributed by atoms with Crippen molar-refractivity contribution < 1.29 is 24.5 Å². The van der Waals surface area contributed by atoms with Gasteiger partial charge in [0.15, 0.2) is 5.60 Å². The van der Waals surface area contributed by atoms with Crippen LogP contribution in [-0.2, 0) is 15.1 Å². The zero-order chi connectivity index (χ0) is 20.6. The summed E-state index contributed by atoms with van der Waals surface area (Å²) in [4.78, 5) is 24.6. The fraction of sp³-hybridized carbons (Fsp3) is 0.130. The highest BCUT2D eigenvalue weighted by molar-refractivity contribution is 5.98. The van der Waals surface area contributed by atoms with E-state index in [1.807, 2.05) is 0 Å². The summed E-state index contributed by atoms with van der Waals surface area (Å²) in [6, 6.07) is 17.8. The standard InChI is InChI=1S/C23H19NO5/c1-2-21(27)24-16-7-12-19-20(13-16)23(29-22(19)28,14-3-8-17(25)9-4-14)15-5-10-18(26)11-6-15/h3-13,25-26H,2H2,1H3,(H,24,27). The maximum Gasteiger partial charge on any atom is 0.340 e. The monoisotopic (exact) mass is 389 g/mol. The molecule has 0 radical (unpaired) electrons. The topological polar surface area (TPSA) is 95.9 Å². The molecule has 3 aromatic rings. The summed E-state index contributed by atoms with van der Waals surface area (Å²) >= 11 is 0. The lowest BCUT2D eigenvalue weighted by Crippen LogP contribution is -2.29. The molecular formula is C23H19NO5. The number of fused-ring (bicyclic) bond motifs is 1. The minimum absolute atomic E-state index is 0.0862. The van der Waals surface area contributed by atoms with E-state index < -0.39 is 11.6 Å². The molecule has 1 aliphatic rings. The summed E-state index contributed by atoms with van der Waals surface area (Å²) in [6.07, 6.45) is 0.327. The Labute approximate surface area is 167 Å². The van der Waals surface area contributed by atoms with Gasteiger partial charge in [-0.3, -0.25) is 4.79 Å². The van der Waals surface area contributed by atoms with E-state index >= 15 is 0 Å². The number of hydrogen-bond donors (Lipinski definition) is 3. The molecule has 0 saturated heterocycles. The number of phenols is 2. The minimum atomic E-state index is -1.28. The predicted octanol–water partition coefficient (Wildman–Crippen LogP) is 3.91. The van der Waals surface area contributed by atoms with Crippen molar-refractivity contribution in [2.45, 2.75) is 18.9 Å². The molecule has 0 saturated carbocycles. The van der Waals surface area contributed by atoms with E-state index in [1.54, 1.807) is 49.4 Å². The Hall–Kier alpha value is -3.80. The van der Waals surface area contributed by atoms with Gasteiger partial charge in [0.05, 0.1) is 5.56 Å². The van der Waals surface area contributed by atoms with Gasteiger partial charge in [0.1, 0.15) is 11.5 Å². The first-order chi connectivity index (χ1) is 13.9. The molecule has 1 heterocycles. The molecule has 0 aliphatic carbocycles. The van der Waals surface area contributed by atoms with Gasteiger partial charge in [-0.25, -0.2) is 4.79 Å². The second-order valence-electron chi connectivity index (χ2n) is 6.83. The molecule has 0 spiro atoms. The molecule has 6 nitrogen and oxygen atoms in total. The molecule has 0 aromatic heterocycles. The van der Waals surface area contributed by atoms with Crippen molar-refractivity contribution in [2.24, 2.45) is 0 Å². The number of ether oxygens (including phenoxy) is 1. The molecule has 1 aliphatic heterocycles. The Morgan fingerprint density at radius 3 is 2.00 bits per heavy atom. The van der Waals surface area contributed by atoms with Gasteiger partial charge in [0.25, 0.3) is 0 Å². The number of carbonyl (C=O) groups is 2. The van der Waals surface area contributed by atoms with Crippen molar-refractivity contribution in [2.75, 3.05) is 5.32 Å². The van der Waals surface area contributed by atoms with E-state index in [-0.39, 0.29) is 17.4 Å². The SMILES string of the molecule is CCC(=O)Nc1ccc2c(c1)C(c1ccc(O)cc1)(c1ccc(O)cc1)OC2=O. The summed E-state index contributed by atoms with van der Waals surface area (Å²) in [5.41, 5.74) is 1.50. The average molecular weight is 389 g/mol. The summed E-state index contributed by atoms with van der Waals surface area (Å²) in [7, 11) is 0. The molecule has 3 N–H and O–H groups in total. The molecule has 0 atom stereocenters. The first-order valence-corrected chi connectivity index (χ1v) is 9.21. The van der Waals surface area contributed by atoms with Gasteiger partial charge < -0.3 is 20.3 Å². The molecular weight excluding hydrogens is 370 g/mol.